The van der Waals surface area contributed by atoms with Crippen molar-refractivity contribution in [3.63, 3.8) is 0 Å². The molecule has 1 amide bonds. The molecule has 0 bridgehead atoms. The lowest BCUT2D eigenvalue weighted by Crippen LogP contribution is -2.63. The molecule has 0 heterocycles. The van der Waals surface area contributed by atoms with Gasteiger partial charge < -0.3 is 16.0 Å². The molecule has 1 aromatic carbocycles. The number of hydrogen-bond acceptors (Lipinski definition) is 3. The quantitative estimate of drug-likeness (QED) is 0.769. The van der Waals surface area contributed by atoms with E-state index in [4.69, 9.17) is 5.73 Å². The van der Waals surface area contributed by atoms with E-state index in [1.54, 1.807) is 6.07 Å². The summed E-state index contributed by atoms with van der Waals surface area (Å²) in [5, 5.41) is 3.30. The Morgan fingerprint density at radius 3 is 2.67 bits per heavy atom. The molecule has 1 aliphatic carbocycles. The van der Waals surface area contributed by atoms with E-state index in [-0.39, 0.29) is 17.6 Å². The fourth-order valence-corrected chi connectivity index (χ4v) is 2.95. The number of primary amides is 1. The Labute approximate surface area is 125 Å². The highest BCUT2D eigenvalue weighted by Gasteiger charge is 2.50. The summed E-state index contributed by atoms with van der Waals surface area (Å²) in [6.07, 6.45) is 2.02. The van der Waals surface area contributed by atoms with Crippen molar-refractivity contribution in [3.05, 3.63) is 30.1 Å². The van der Waals surface area contributed by atoms with Crippen LogP contribution in [0.3, 0.4) is 0 Å². The topological polar surface area (TPSA) is 58.4 Å². The van der Waals surface area contributed by atoms with Gasteiger partial charge >= 0.3 is 0 Å². The maximum atomic E-state index is 13.4. The van der Waals surface area contributed by atoms with Crippen LogP contribution in [0.5, 0.6) is 0 Å². The molecule has 0 spiro atoms. The van der Waals surface area contributed by atoms with E-state index in [0.717, 1.165) is 18.5 Å². The molecule has 0 radical (unpaired) electrons. The van der Waals surface area contributed by atoms with Gasteiger partial charge in [0.2, 0.25) is 5.91 Å². The van der Waals surface area contributed by atoms with Gasteiger partial charge in [-0.05, 0) is 50.4 Å². The predicted molar refractivity (Wildman–Crippen MR) is 82.6 cm³/mol. The monoisotopic (exact) mass is 293 g/mol. The van der Waals surface area contributed by atoms with Gasteiger partial charge in [-0.1, -0.05) is 13.0 Å². The SMILES string of the molecule is CCNC(CN(CC)c1cccc(F)c1)(C(N)=O)C1CC1. The van der Waals surface area contributed by atoms with Gasteiger partial charge in [0, 0.05) is 18.8 Å². The van der Waals surface area contributed by atoms with Gasteiger partial charge in [0.25, 0.3) is 0 Å². The summed E-state index contributed by atoms with van der Waals surface area (Å²) in [5.41, 5.74) is 5.76. The molecule has 1 saturated carbocycles. The molecule has 0 aliphatic heterocycles. The number of carbonyl (C=O) groups excluding carboxylic acids is 1. The first-order valence-electron chi connectivity index (χ1n) is 7.59. The number of nitrogens with two attached hydrogens (primary N) is 1. The Bertz CT molecular complexity index is 504. The highest BCUT2D eigenvalue weighted by molar-refractivity contribution is 5.86. The van der Waals surface area contributed by atoms with Crippen molar-refractivity contribution in [2.75, 3.05) is 24.5 Å². The van der Waals surface area contributed by atoms with Gasteiger partial charge in [0.15, 0.2) is 0 Å². The number of likely N-dealkylation sites (N-methyl/N-ethyl adjacent to an activating group) is 2. The van der Waals surface area contributed by atoms with E-state index in [1.807, 2.05) is 24.8 Å². The highest BCUT2D eigenvalue weighted by atomic mass is 19.1. The molecule has 1 fully saturated rings. The molecule has 0 saturated heterocycles. The first kappa shape index (κ1) is 15.8. The van der Waals surface area contributed by atoms with Crippen molar-refractivity contribution in [1.82, 2.24) is 5.32 Å². The molecule has 1 atom stereocenters. The first-order chi connectivity index (χ1) is 10.0. The normalized spacial score (nSPS) is 17.3. The van der Waals surface area contributed by atoms with Crippen LogP contribution in [0.2, 0.25) is 0 Å². The molecule has 1 aromatic rings. The third-order valence-electron chi connectivity index (χ3n) is 4.20. The standard InChI is InChI=1S/C16H24FN3O/c1-3-19-16(15(18)21,12-8-9-12)11-20(4-2)14-7-5-6-13(17)10-14/h5-7,10,12,19H,3-4,8-9,11H2,1-2H3,(H2,18,21). The van der Waals surface area contributed by atoms with E-state index in [2.05, 4.69) is 5.32 Å². The van der Waals surface area contributed by atoms with E-state index >= 15 is 0 Å². The van der Waals surface area contributed by atoms with Crippen LogP contribution in [0.4, 0.5) is 10.1 Å². The number of rotatable bonds is 8. The summed E-state index contributed by atoms with van der Waals surface area (Å²) < 4.78 is 13.4. The molecule has 21 heavy (non-hydrogen) atoms. The van der Waals surface area contributed by atoms with Crippen molar-refractivity contribution in [3.8, 4) is 0 Å². The zero-order valence-corrected chi connectivity index (χ0v) is 12.7. The number of anilines is 1. The molecule has 1 aliphatic rings. The second-order valence-corrected chi connectivity index (χ2v) is 5.63. The highest BCUT2D eigenvalue weighted by Crippen LogP contribution is 2.40. The number of nitrogens with zero attached hydrogens (tertiary/aromatic N) is 1. The average Bonchev–Trinajstić information content (AvgIpc) is 3.28. The molecule has 3 N–H and O–H groups in total. The van der Waals surface area contributed by atoms with Gasteiger partial charge in [-0.25, -0.2) is 4.39 Å². The number of carbonyl (C=O) groups is 1. The number of benzene rings is 1. The van der Waals surface area contributed by atoms with Crippen LogP contribution in [0.1, 0.15) is 26.7 Å². The van der Waals surface area contributed by atoms with Crippen LogP contribution in [0.25, 0.3) is 0 Å². The summed E-state index contributed by atoms with van der Waals surface area (Å²) in [7, 11) is 0. The van der Waals surface area contributed by atoms with E-state index in [1.165, 1.54) is 12.1 Å². The smallest absolute Gasteiger partial charge is 0.239 e. The second kappa shape index (κ2) is 6.43. The average molecular weight is 293 g/mol. The Morgan fingerprint density at radius 2 is 2.19 bits per heavy atom. The van der Waals surface area contributed by atoms with Crippen LogP contribution in [-0.4, -0.2) is 31.1 Å². The Balaban J connectivity index is 2.26. The molecule has 4 nitrogen and oxygen atoms in total. The zero-order chi connectivity index (χ0) is 15.5. The lowest BCUT2D eigenvalue weighted by atomic mass is 9.91. The minimum Gasteiger partial charge on any atom is -0.369 e. The molecule has 1 unspecified atom stereocenters. The lowest BCUT2D eigenvalue weighted by molar-refractivity contribution is -0.125. The number of nitrogens with one attached hydrogen (secondary N) is 1. The first-order valence-corrected chi connectivity index (χ1v) is 7.59. The summed E-state index contributed by atoms with van der Waals surface area (Å²) in [5.74, 6) is -0.315. The summed E-state index contributed by atoms with van der Waals surface area (Å²) >= 11 is 0. The summed E-state index contributed by atoms with van der Waals surface area (Å²) in [6.45, 7) is 5.81. The van der Waals surface area contributed by atoms with Gasteiger partial charge in [0.05, 0.1) is 0 Å². The van der Waals surface area contributed by atoms with Crippen molar-refractivity contribution < 1.29 is 9.18 Å². The van der Waals surface area contributed by atoms with Gasteiger partial charge in [0.1, 0.15) is 11.4 Å². The van der Waals surface area contributed by atoms with Gasteiger partial charge in [-0.2, -0.15) is 0 Å². The van der Waals surface area contributed by atoms with E-state index in [0.29, 0.717) is 19.6 Å². The van der Waals surface area contributed by atoms with Crippen LogP contribution in [-0.2, 0) is 4.79 Å². The Kier molecular flexibility index (Phi) is 4.83. The maximum Gasteiger partial charge on any atom is 0.239 e. The minimum atomic E-state index is -0.725. The Morgan fingerprint density at radius 1 is 1.48 bits per heavy atom. The van der Waals surface area contributed by atoms with Crippen LogP contribution in [0, 0.1) is 11.7 Å². The maximum absolute atomic E-state index is 13.4. The summed E-state index contributed by atoms with van der Waals surface area (Å²) in [4.78, 5) is 14.1. The van der Waals surface area contributed by atoms with Crippen LogP contribution in [0.15, 0.2) is 24.3 Å². The van der Waals surface area contributed by atoms with E-state index in [9.17, 15) is 9.18 Å². The van der Waals surface area contributed by atoms with Crippen molar-refractivity contribution in [1.29, 1.82) is 0 Å². The lowest BCUT2D eigenvalue weighted by Gasteiger charge is -2.37. The molecule has 5 heteroatoms. The van der Waals surface area contributed by atoms with E-state index < -0.39 is 5.54 Å². The van der Waals surface area contributed by atoms with Gasteiger partial charge in [-0.15, -0.1) is 0 Å². The molecule has 2 rings (SSSR count). The van der Waals surface area contributed by atoms with Crippen molar-refractivity contribution in [2.24, 2.45) is 11.7 Å². The van der Waals surface area contributed by atoms with Crippen molar-refractivity contribution in [2.45, 2.75) is 32.2 Å². The second-order valence-electron chi connectivity index (χ2n) is 5.63. The predicted octanol–water partition coefficient (Wildman–Crippen LogP) is 1.90. The summed E-state index contributed by atoms with van der Waals surface area (Å²) in [6, 6.07) is 6.46. The molecular formula is C16H24FN3O. The number of halogens is 1. The zero-order valence-electron chi connectivity index (χ0n) is 12.7. The number of hydrogen-bond donors (Lipinski definition) is 2. The van der Waals surface area contributed by atoms with Crippen molar-refractivity contribution >= 4 is 11.6 Å². The fraction of sp³-hybridized carbons (Fsp3) is 0.562. The number of amides is 1. The Hall–Kier alpha value is -1.62. The van der Waals surface area contributed by atoms with Crippen LogP contribution >= 0.6 is 0 Å². The fourth-order valence-electron chi connectivity index (χ4n) is 2.95. The van der Waals surface area contributed by atoms with Gasteiger partial charge in [-0.3, -0.25) is 4.79 Å². The molecular weight excluding hydrogens is 269 g/mol. The van der Waals surface area contributed by atoms with Crippen LogP contribution < -0.4 is 16.0 Å². The molecule has 116 valence electrons. The molecule has 0 aromatic heterocycles. The third-order valence-corrected chi connectivity index (χ3v) is 4.20. The minimum absolute atomic E-state index is 0.273. The third kappa shape index (κ3) is 3.35. The largest absolute Gasteiger partial charge is 0.369 e.